The van der Waals surface area contributed by atoms with Crippen molar-refractivity contribution >= 4 is 23.2 Å². The molecule has 0 saturated heterocycles. The molecule has 0 fully saturated rings. The normalized spacial score (nSPS) is 13.6. The lowest BCUT2D eigenvalue weighted by molar-refractivity contribution is 0.102. The topological polar surface area (TPSA) is 41.1 Å². The Morgan fingerprint density at radius 1 is 1.19 bits per heavy atom. The first kappa shape index (κ1) is 14.1. The number of anilines is 1. The van der Waals surface area contributed by atoms with Crippen molar-refractivity contribution in [2.75, 3.05) is 11.9 Å². The minimum Gasteiger partial charge on any atom is -0.322 e. The molecular formula is C17H17ClN2O. The van der Waals surface area contributed by atoms with E-state index >= 15 is 0 Å². The second-order valence-electron chi connectivity index (χ2n) is 5.32. The molecule has 108 valence electrons. The fraction of sp³-hybridized carbons (Fsp3) is 0.235. The predicted molar refractivity (Wildman–Crippen MR) is 86.0 cm³/mol. The molecule has 0 spiro atoms. The Balaban J connectivity index is 1.81. The van der Waals surface area contributed by atoms with Crippen LogP contribution < -0.4 is 10.6 Å². The third-order valence-electron chi connectivity index (χ3n) is 3.78. The highest BCUT2D eigenvalue weighted by Gasteiger charge is 2.12. The van der Waals surface area contributed by atoms with Crippen molar-refractivity contribution in [3.8, 4) is 0 Å². The maximum absolute atomic E-state index is 12.3. The molecule has 4 heteroatoms. The molecule has 1 aliphatic heterocycles. The molecule has 2 aromatic carbocycles. The fourth-order valence-electron chi connectivity index (χ4n) is 2.64. The van der Waals surface area contributed by atoms with Crippen LogP contribution >= 0.6 is 11.6 Å². The van der Waals surface area contributed by atoms with Gasteiger partial charge in [0.1, 0.15) is 0 Å². The van der Waals surface area contributed by atoms with Crippen molar-refractivity contribution < 1.29 is 4.79 Å². The fourth-order valence-corrected chi connectivity index (χ4v) is 2.87. The molecule has 2 aromatic rings. The number of carbonyl (C=O) groups excluding carboxylic acids is 1. The Kier molecular flexibility index (Phi) is 3.95. The Labute approximate surface area is 129 Å². The van der Waals surface area contributed by atoms with E-state index in [1.54, 1.807) is 18.2 Å². The number of benzene rings is 2. The first-order valence-corrected chi connectivity index (χ1v) is 7.41. The summed E-state index contributed by atoms with van der Waals surface area (Å²) in [6.07, 6.45) is 1.04. The van der Waals surface area contributed by atoms with Crippen molar-refractivity contribution in [3.63, 3.8) is 0 Å². The van der Waals surface area contributed by atoms with Gasteiger partial charge in [0.2, 0.25) is 0 Å². The zero-order valence-corrected chi connectivity index (χ0v) is 12.6. The summed E-state index contributed by atoms with van der Waals surface area (Å²) in [5, 5.41) is 6.94. The lowest BCUT2D eigenvalue weighted by atomic mass is 10.0. The number of carbonyl (C=O) groups is 1. The smallest absolute Gasteiger partial charge is 0.255 e. The van der Waals surface area contributed by atoms with Crippen LogP contribution in [0.4, 0.5) is 5.69 Å². The second kappa shape index (κ2) is 5.88. The standard InChI is InChI=1S/C17H17ClN2O/c1-11-8-14(18)3-5-16(11)17(21)20-15-4-2-12-6-7-19-10-13(12)9-15/h2-5,8-9,19H,6-7,10H2,1H3,(H,20,21). The third kappa shape index (κ3) is 3.09. The van der Waals surface area contributed by atoms with Gasteiger partial charge in [-0.1, -0.05) is 17.7 Å². The number of amides is 1. The molecule has 0 aliphatic carbocycles. The number of hydrogen-bond donors (Lipinski definition) is 2. The summed E-state index contributed by atoms with van der Waals surface area (Å²) < 4.78 is 0. The van der Waals surface area contributed by atoms with Crippen molar-refractivity contribution in [2.45, 2.75) is 19.9 Å². The van der Waals surface area contributed by atoms with Crippen molar-refractivity contribution in [1.82, 2.24) is 5.32 Å². The van der Waals surface area contributed by atoms with E-state index in [2.05, 4.69) is 16.7 Å². The van der Waals surface area contributed by atoms with E-state index in [4.69, 9.17) is 11.6 Å². The van der Waals surface area contributed by atoms with Gasteiger partial charge in [-0.2, -0.15) is 0 Å². The number of rotatable bonds is 2. The third-order valence-corrected chi connectivity index (χ3v) is 4.02. The summed E-state index contributed by atoms with van der Waals surface area (Å²) in [4.78, 5) is 12.3. The molecule has 1 amide bonds. The van der Waals surface area contributed by atoms with Gasteiger partial charge >= 0.3 is 0 Å². The highest BCUT2D eigenvalue weighted by molar-refractivity contribution is 6.30. The maximum atomic E-state index is 12.3. The highest BCUT2D eigenvalue weighted by atomic mass is 35.5. The van der Waals surface area contributed by atoms with Gasteiger partial charge in [0.25, 0.3) is 5.91 Å². The second-order valence-corrected chi connectivity index (χ2v) is 5.76. The Morgan fingerprint density at radius 3 is 2.86 bits per heavy atom. The molecule has 0 atom stereocenters. The Hall–Kier alpha value is -1.84. The van der Waals surface area contributed by atoms with E-state index in [9.17, 15) is 4.79 Å². The molecule has 1 aliphatic rings. The molecule has 0 bridgehead atoms. The molecule has 0 aromatic heterocycles. The van der Waals surface area contributed by atoms with Crippen LogP contribution in [0.25, 0.3) is 0 Å². The Bertz CT molecular complexity index is 697. The molecular weight excluding hydrogens is 284 g/mol. The van der Waals surface area contributed by atoms with Gasteiger partial charge in [-0.05, 0) is 66.9 Å². The van der Waals surface area contributed by atoms with Crippen LogP contribution in [0.5, 0.6) is 0 Å². The van der Waals surface area contributed by atoms with Crippen molar-refractivity contribution in [3.05, 3.63) is 63.7 Å². The van der Waals surface area contributed by atoms with Crippen LogP contribution in [0.1, 0.15) is 27.0 Å². The highest BCUT2D eigenvalue weighted by Crippen LogP contribution is 2.21. The molecule has 2 N–H and O–H groups in total. The van der Waals surface area contributed by atoms with Crippen LogP contribution in [0.15, 0.2) is 36.4 Å². The van der Waals surface area contributed by atoms with Gasteiger partial charge in [-0.3, -0.25) is 4.79 Å². The van der Waals surface area contributed by atoms with Crippen LogP contribution in [0.3, 0.4) is 0 Å². The summed E-state index contributed by atoms with van der Waals surface area (Å²) in [5.74, 6) is -0.104. The van der Waals surface area contributed by atoms with Gasteiger partial charge in [-0.25, -0.2) is 0 Å². The Morgan fingerprint density at radius 2 is 2.05 bits per heavy atom. The van der Waals surface area contributed by atoms with E-state index in [0.717, 1.165) is 30.8 Å². The zero-order chi connectivity index (χ0) is 14.8. The quantitative estimate of drug-likeness (QED) is 0.890. The van der Waals surface area contributed by atoms with E-state index in [1.807, 2.05) is 19.1 Å². The van der Waals surface area contributed by atoms with E-state index in [-0.39, 0.29) is 5.91 Å². The van der Waals surface area contributed by atoms with E-state index in [0.29, 0.717) is 10.6 Å². The largest absolute Gasteiger partial charge is 0.322 e. The lowest BCUT2D eigenvalue weighted by Gasteiger charge is -2.18. The molecule has 21 heavy (non-hydrogen) atoms. The van der Waals surface area contributed by atoms with Gasteiger partial charge < -0.3 is 10.6 Å². The number of fused-ring (bicyclic) bond motifs is 1. The van der Waals surface area contributed by atoms with Gasteiger partial charge in [0, 0.05) is 22.8 Å². The molecule has 3 rings (SSSR count). The summed E-state index contributed by atoms with van der Waals surface area (Å²) in [5.41, 5.74) is 4.97. The average Bonchev–Trinajstić information content (AvgIpc) is 2.47. The van der Waals surface area contributed by atoms with Crippen LogP contribution in [-0.2, 0) is 13.0 Å². The molecule has 0 saturated carbocycles. The van der Waals surface area contributed by atoms with Gasteiger partial charge in [0.05, 0.1) is 0 Å². The predicted octanol–water partition coefficient (Wildman–Crippen LogP) is 3.55. The van der Waals surface area contributed by atoms with Crippen molar-refractivity contribution in [1.29, 1.82) is 0 Å². The minimum absolute atomic E-state index is 0.104. The summed E-state index contributed by atoms with van der Waals surface area (Å²) in [6.45, 7) is 3.76. The number of hydrogen-bond acceptors (Lipinski definition) is 2. The first-order valence-electron chi connectivity index (χ1n) is 7.03. The first-order chi connectivity index (χ1) is 10.1. The van der Waals surface area contributed by atoms with Crippen LogP contribution in [0.2, 0.25) is 5.02 Å². The lowest BCUT2D eigenvalue weighted by Crippen LogP contribution is -2.23. The zero-order valence-electron chi connectivity index (χ0n) is 11.9. The summed E-state index contributed by atoms with van der Waals surface area (Å²) in [7, 11) is 0. The molecule has 3 nitrogen and oxygen atoms in total. The van der Waals surface area contributed by atoms with Gasteiger partial charge in [0.15, 0.2) is 0 Å². The van der Waals surface area contributed by atoms with E-state index in [1.165, 1.54) is 11.1 Å². The average molecular weight is 301 g/mol. The molecule has 0 unspecified atom stereocenters. The number of aryl methyl sites for hydroxylation is 1. The van der Waals surface area contributed by atoms with Crippen molar-refractivity contribution in [2.24, 2.45) is 0 Å². The molecule has 0 radical (unpaired) electrons. The summed E-state index contributed by atoms with van der Waals surface area (Å²) >= 11 is 5.92. The van der Waals surface area contributed by atoms with Crippen LogP contribution in [-0.4, -0.2) is 12.5 Å². The number of nitrogens with one attached hydrogen (secondary N) is 2. The monoisotopic (exact) mass is 300 g/mol. The minimum atomic E-state index is -0.104. The number of halogens is 1. The van der Waals surface area contributed by atoms with Crippen LogP contribution in [0, 0.1) is 6.92 Å². The maximum Gasteiger partial charge on any atom is 0.255 e. The van der Waals surface area contributed by atoms with Gasteiger partial charge in [-0.15, -0.1) is 0 Å². The van der Waals surface area contributed by atoms with E-state index < -0.39 is 0 Å². The SMILES string of the molecule is Cc1cc(Cl)ccc1C(=O)Nc1ccc2c(c1)CNCC2. The molecule has 1 heterocycles. The summed E-state index contributed by atoms with van der Waals surface area (Å²) in [6, 6.07) is 11.4.